The quantitative estimate of drug-likeness (QED) is 0.388. The maximum absolute atomic E-state index is 12.3. The van der Waals surface area contributed by atoms with Gasteiger partial charge in [0, 0.05) is 34.3 Å². The number of imide groups is 1. The fraction of sp³-hybridized carbons (Fsp3) is 0.208. The number of piperidine rings is 1. The number of fused-ring (bicyclic) bond motifs is 3. The van der Waals surface area contributed by atoms with Crippen LogP contribution in [0.4, 0.5) is 0 Å². The number of carbonyl (C=O) groups excluding carboxylic acids is 2. The fourth-order valence-corrected chi connectivity index (χ4v) is 4.59. The summed E-state index contributed by atoms with van der Waals surface area (Å²) in [5, 5.41) is 2.11. The zero-order valence-corrected chi connectivity index (χ0v) is 18.6. The van der Waals surface area contributed by atoms with Gasteiger partial charge in [-0.1, -0.05) is 22.0 Å². The van der Waals surface area contributed by atoms with Crippen molar-refractivity contribution in [2.75, 3.05) is 7.11 Å². The third kappa shape index (κ3) is 3.39. The van der Waals surface area contributed by atoms with Gasteiger partial charge in [0.1, 0.15) is 11.4 Å². The van der Waals surface area contributed by atoms with E-state index < -0.39 is 0 Å². The van der Waals surface area contributed by atoms with Gasteiger partial charge in [-0.15, -0.1) is 0 Å². The standard InChI is InChI=1S/C24H20BrN3O3/c1-31-21-10-7-15(14-27-22(29)5-2-6-23(27)30)12-20(21)28-19-9-8-16(25)13-18(19)17-4-3-11-26-24(17)28/h3-4,7-13H,2,5-6,14H2,1H3. The molecular weight excluding hydrogens is 458 g/mol. The minimum atomic E-state index is -0.114. The SMILES string of the molecule is COc1ccc(CN2C(=O)CCCC2=O)cc1-n1c2ccc(Br)cc2c2cccnc21. The number of nitrogens with zero attached hydrogens (tertiary/aromatic N) is 3. The van der Waals surface area contributed by atoms with E-state index in [1.54, 1.807) is 13.3 Å². The van der Waals surface area contributed by atoms with E-state index in [-0.39, 0.29) is 18.4 Å². The second-order valence-corrected chi connectivity index (χ2v) is 8.52. The molecule has 0 saturated carbocycles. The molecule has 2 aromatic heterocycles. The highest BCUT2D eigenvalue weighted by Gasteiger charge is 2.26. The van der Waals surface area contributed by atoms with Crippen LogP contribution in [0, 0.1) is 0 Å². The summed E-state index contributed by atoms with van der Waals surface area (Å²) in [5.41, 5.74) is 3.49. The summed E-state index contributed by atoms with van der Waals surface area (Å²) in [6.07, 6.45) is 3.24. The molecule has 0 bridgehead atoms. The molecule has 0 radical (unpaired) electrons. The van der Waals surface area contributed by atoms with Gasteiger partial charge in [0.15, 0.2) is 0 Å². The van der Waals surface area contributed by atoms with E-state index in [0.717, 1.165) is 37.7 Å². The summed E-state index contributed by atoms with van der Waals surface area (Å²) in [5.74, 6) is 0.460. The second-order valence-electron chi connectivity index (χ2n) is 7.60. The van der Waals surface area contributed by atoms with Crippen molar-refractivity contribution in [3.63, 3.8) is 0 Å². The largest absolute Gasteiger partial charge is 0.495 e. The van der Waals surface area contributed by atoms with Gasteiger partial charge in [-0.05, 0) is 54.4 Å². The molecule has 6 nitrogen and oxygen atoms in total. The fourth-order valence-electron chi connectivity index (χ4n) is 4.23. The lowest BCUT2D eigenvalue weighted by Crippen LogP contribution is -2.39. The van der Waals surface area contributed by atoms with Crippen molar-refractivity contribution >= 4 is 49.7 Å². The van der Waals surface area contributed by atoms with E-state index >= 15 is 0 Å². The van der Waals surface area contributed by atoms with Gasteiger partial charge in [-0.25, -0.2) is 4.98 Å². The van der Waals surface area contributed by atoms with Crippen molar-refractivity contribution in [1.82, 2.24) is 14.5 Å². The summed E-state index contributed by atoms with van der Waals surface area (Å²) < 4.78 is 8.73. The molecule has 0 N–H and O–H groups in total. The molecule has 7 heteroatoms. The first-order valence-corrected chi connectivity index (χ1v) is 10.9. The van der Waals surface area contributed by atoms with Crippen molar-refractivity contribution < 1.29 is 14.3 Å². The molecule has 0 unspecified atom stereocenters. The van der Waals surface area contributed by atoms with Crippen molar-refractivity contribution in [3.05, 3.63) is 64.8 Å². The molecule has 0 atom stereocenters. The van der Waals surface area contributed by atoms with Gasteiger partial charge in [0.2, 0.25) is 11.8 Å². The summed E-state index contributed by atoms with van der Waals surface area (Å²) in [6, 6.07) is 15.9. The Morgan fingerprint density at radius 2 is 1.84 bits per heavy atom. The molecule has 156 valence electrons. The first-order chi connectivity index (χ1) is 15.1. The molecule has 3 heterocycles. The number of carbonyl (C=O) groups is 2. The molecule has 4 aromatic rings. The number of halogens is 1. The van der Waals surface area contributed by atoms with Gasteiger partial charge < -0.3 is 4.74 Å². The third-order valence-electron chi connectivity index (χ3n) is 5.70. The predicted octanol–water partition coefficient (Wildman–Crippen LogP) is 4.99. The minimum absolute atomic E-state index is 0.114. The smallest absolute Gasteiger partial charge is 0.229 e. The van der Waals surface area contributed by atoms with E-state index in [1.807, 2.05) is 36.4 Å². The van der Waals surface area contributed by atoms with Crippen LogP contribution in [0.25, 0.3) is 27.6 Å². The average molecular weight is 478 g/mol. The topological polar surface area (TPSA) is 64.4 Å². The van der Waals surface area contributed by atoms with Crippen LogP contribution in [0.15, 0.2) is 59.2 Å². The molecule has 2 aromatic carbocycles. The summed E-state index contributed by atoms with van der Waals surface area (Å²) in [7, 11) is 1.63. The maximum atomic E-state index is 12.3. The Hall–Kier alpha value is -3.19. The molecule has 1 saturated heterocycles. The van der Waals surface area contributed by atoms with Gasteiger partial charge in [-0.2, -0.15) is 0 Å². The number of amides is 2. The third-order valence-corrected chi connectivity index (χ3v) is 6.19. The van der Waals surface area contributed by atoms with Gasteiger partial charge in [-0.3, -0.25) is 19.1 Å². The molecule has 0 spiro atoms. The Morgan fingerprint density at radius 1 is 1.03 bits per heavy atom. The molecule has 1 fully saturated rings. The van der Waals surface area contributed by atoms with Crippen LogP contribution in [0.2, 0.25) is 0 Å². The number of hydrogen-bond donors (Lipinski definition) is 0. The molecule has 0 aliphatic carbocycles. The number of ether oxygens (including phenoxy) is 1. The zero-order valence-electron chi connectivity index (χ0n) is 17.0. The van der Waals surface area contributed by atoms with Crippen LogP contribution in [-0.4, -0.2) is 33.4 Å². The average Bonchev–Trinajstić information content (AvgIpc) is 3.10. The van der Waals surface area contributed by atoms with Crippen LogP contribution < -0.4 is 4.74 Å². The lowest BCUT2D eigenvalue weighted by Gasteiger charge is -2.25. The Bertz CT molecular complexity index is 1330. The lowest BCUT2D eigenvalue weighted by molar-refractivity contribution is -0.148. The number of hydrogen-bond acceptors (Lipinski definition) is 4. The highest BCUT2D eigenvalue weighted by molar-refractivity contribution is 9.10. The van der Waals surface area contributed by atoms with Crippen LogP contribution in [0.1, 0.15) is 24.8 Å². The van der Waals surface area contributed by atoms with E-state index in [1.165, 1.54) is 4.90 Å². The van der Waals surface area contributed by atoms with Crippen molar-refractivity contribution in [2.24, 2.45) is 0 Å². The van der Waals surface area contributed by atoms with Crippen LogP contribution in [-0.2, 0) is 16.1 Å². The van der Waals surface area contributed by atoms with Crippen molar-refractivity contribution in [3.8, 4) is 11.4 Å². The number of aromatic nitrogens is 2. The maximum Gasteiger partial charge on any atom is 0.229 e. The highest BCUT2D eigenvalue weighted by atomic mass is 79.9. The zero-order chi connectivity index (χ0) is 21.5. The normalized spacial score (nSPS) is 14.6. The Labute approximate surface area is 187 Å². The monoisotopic (exact) mass is 477 g/mol. The van der Waals surface area contributed by atoms with Gasteiger partial charge in [0.25, 0.3) is 0 Å². The van der Waals surface area contributed by atoms with Crippen LogP contribution in [0.5, 0.6) is 5.75 Å². The van der Waals surface area contributed by atoms with E-state index in [2.05, 4.69) is 37.6 Å². The van der Waals surface area contributed by atoms with E-state index in [0.29, 0.717) is 25.0 Å². The summed E-state index contributed by atoms with van der Waals surface area (Å²) in [6.45, 7) is 0.255. The van der Waals surface area contributed by atoms with Gasteiger partial charge in [0.05, 0.1) is 24.9 Å². The first-order valence-electron chi connectivity index (χ1n) is 10.1. The Morgan fingerprint density at radius 3 is 2.61 bits per heavy atom. The first kappa shape index (κ1) is 19.8. The molecular formula is C24H20BrN3O3. The predicted molar refractivity (Wildman–Crippen MR) is 122 cm³/mol. The lowest BCUT2D eigenvalue weighted by atomic mass is 10.1. The molecule has 1 aliphatic rings. The summed E-state index contributed by atoms with van der Waals surface area (Å²) in [4.78, 5) is 30.6. The minimum Gasteiger partial charge on any atom is -0.495 e. The Kier molecular flexibility index (Phi) is 4.98. The highest BCUT2D eigenvalue weighted by Crippen LogP contribution is 2.36. The second kappa shape index (κ2) is 7.81. The molecule has 5 rings (SSSR count). The van der Waals surface area contributed by atoms with Crippen LogP contribution in [0.3, 0.4) is 0 Å². The molecule has 1 aliphatic heterocycles. The number of methoxy groups -OCH3 is 1. The number of likely N-dealkylation sites (tertiary alicyclic amines) is 1. The number of benzene rings is 2. The van der Waals surface area contributed by atoms with E-state index in [4.69, 9.17) is 4.74 Å². The van der Waals surface area contributed by atoms with Crippen molar-refractivity contribution in [1.29, 1.82) is 0 Å². The van der Waals surface area contributed by atoms with Crippen LogP contribution >= 0.6 is 15.9 Å². The number of pyridine rings is 1. The number of rotatable bonds is 4. The molecule has 2 amide bonds. The summed E-state index contributed by atoms with van der Waals surface area (Å²) >= 11 is 3.57. The Balaban J connectivity index is 1.69. The molecule has 31 heavy (non-hydrogen) atoms. The van der Waals surface area contributed by atoms with E-state index in [9.17, 15) is 9.59 Å². The van der Waals surface area contributed by atoms with Gasteiger partial charge >= 0.3 is 0 Å². The van der Waals surface area contributed by atoms with Crippen molar-refractivity contribution in [2.45, 2.75) is 25.8 Å².